The lowest BCUT2D eigenvalue weighted by molar-refractivity contribution is -0.115. The third-order valence-corrected chi connectivity index (χ3v) is 3.05. The number of halogens is 2. The van der Waals surface area contributed by atoms with Crippen molar-refractivity contribution in [3.8, 4) is 0 Å². The highest BCUT2D eigenvalue weighted by Crippen LogP contribution is 2.21. The van der Waals surface area contributed by atoms with Gasteiger partial charge in [-0.2, -0.15) is 0 Å². The fraction of sp³-hybridized carbons (Fsp3) is 0.0667. The Hall–Kier alpha value is -2.40. The van der Waals surface area contributed by atoms with Crippen LogP contribution in [0.25, 0.3) is 0 Å². The molecule has 0 aliphatic carbocycles. The summed E-state index contributed by atoms with van der Waals surface area (Å²) in [4.78, 5) is 22.7. The number of aromatic carboxylic acids is 1. The Balaban J connectivity index is 2.06. The lowest BCUT2D eigenvalue weighted by atomic mass is 10.1. The molecule has 0 radical (unpaired) electrons. The number of rotatable bonds is 4. The van der Waals surface area contributed by atoms with E-state index in [-0.39, 0.29) is 22.9 Å². The van der Waals surface area contributed by atoms with Crippen molar-refractivity contribution in [2.75, 3.05) is 5.32 Å². The van der Waals surface area contributed by atoms with E-state index in [1.165, 1.54) is 36.4 Å². The molecule has 4 nitrogen and oxygen atoms in total. The van der Waals surface area contributed by atoms with Crippen LogP contribution < -0.4 is 5.32 Å². The van der Waals surface area contributed by atoms with Gasteiger partial charge in [-0.3, -0.25) is 4.79 Å². The van der Waals surface area contributed by atoms with E-state index in [1.54, 1.807) is 6.07 Å². The molecule has 2 N–H and O–H groups in total. The van der Waals surface area contributed by atoms with E-state index in [1.807, 2.05) is 0 Å². The Morgan fingerprint density at radius 2 is 1.95 bits per heavy atom. The number of hydrogen-bond donors (Lipinski definition) is 2. The molecular weight excluding hydrogens is 297 g/mol. The Morgan fingerprint density at radius 1 is 1.19 bits per heavy atom. The third-order valence-electron chi connectivity index (χ3n) is 2.74. The van der Waals surface area contributed by atoms with Gasteiger partial charge in [0.1, 0.15) is 5.82 Å². The lowest BCUT2D eigenvalue weighted by Gasteiger charge is -2.07. The largest absolute Gasteiger partial charge is 0.478 e. The van der Waals surface area contributed by atoms with Crippen LogP contribution in [-0.4, -0.2) is 17.0 Å². The molecule has 0 saturated heterocycles. The molecule has 0 aliphatic rings. The number of carboxylic acids is 1. The maximum Gasteiger partial charge on any atom is 0.337 e. The van der Waals surface area contributed by atoms with Crippen molar-refractivity contribution in [1.82, 2.24) is 0 Å². The molecule has 0 fully saturated rings. The Labute approximate surface area is 125 Å². The molecule has 1 amide bonds. The summed E-state index contributed by atoms with van der Waals surface area (Å²) in [6.45, 7) is 0. The van der Waals surface area contributed by atoms with Gasteiger partial charge in [0, 0.05) is 5.69 Å². The molecule has 0 saturated carbocycles. The first-order valence-corrected chi connectivity index (χ1v) is 6.40. The van der Waals surface area contributed by atoms with Crippen molar-refractivity contribution < 1.29 is 19.1 Å². The molecule has 2 rings (SSSR count). The molecule has 0 aromatic heterocycles. The smallest absolute Gasteiger partial charge is 0.337 e. The number of benzene rings is 2. The molecule has 0 heterocycles. The SMILES string of the molecule is O=C(Cc1cccc(F)c1)Nc1ccc(C(=O)O)c(Cl)c1. The van der Waals surface area contributed by atoms with Crippen LogP contribution in [0.15, 0.2) is 42.5 Å². The van der Waals surface area contributed by atoms with Gasteiger partial charge in [-0.05, 0) is 35.9 Å². The summed E-state index contributed by atoms with van der Waals surface area (Å²) >= 11 is 5.81. The number of anilines is 1. The second kappa shape index (κ2) is 6.37. The molecular formula is C15H11ClFNO3. The van der Waals surface area contributed by atoms with Crippen LogP contribution in [0.4, 0.5) is 10.1 Å². The monoisotopic (exact) mass is 307 g/mol. The van der Waals surface area contributed by atoms with Gasteiger partial charge in [-0.25, -0.2) is 9.18 Å². The number of carbonyl (C=O) groups is 2. The van der Waals surface area contributed by atoms with Crippen LogP contribution in [0.1, 0.15) is 15.9 Å². The molecule has 0 aliphatic heterocycles. The maximum absolute atomic E-state index is 13.0. The predicted octanol–water partition coefficient (Wildman–Crippen LogP) is 3.36. The highest BCUT2D eigenvalue weighted by molar-refractivity contribution is 6.33. The van der Waals surface area contributed by atoms with Crippen LogP contribution in [0.2, 0.25) is 5.02 Å². The zero-order chi connectivity index (χ0) is 15.4. The summed E-state index contributed by atoms with van der Waals surface area (Å²) < 4.78 is 13.0. The average Bonchev–Trinajstić information content (AvgIpc) is 2.38. The Kier molecular flexibility index (Phi) is 4.55. The summed E-state index contributed by atoms with van der Waals surface area (Å²) in [6, 6.07) is 9.85. The van der Waals surface area contributed by atoms with E-state index in [4.69, 9.17) is 16.7 Å². The zero-order valence-corrected chi connectivity index (χ0v) is 11.5. The first-order chi connectivity index (χ1) is 9.95. The molecule has 21 heavy (non-hydrogen) atoms. The van der Waals surface area contributed by atoms with Crippen LogP contribution in [0.3, 0.4) is 0 Å². The summed E-state index contributed by atoms with van der Waals surface area (Å²) in [7, 11) is 0. The topological polar surface area (TPSA) is 66.4 Å². The highest BCUT2D eigenvalue weighted by atomic mass is 35.5. The van der Waals surface area contributed by atoms with Crippen molar-refractivity contribution in [3.63, 3.8) is 0 Å². The third kappa shape index (κ3) is 4.03. The van der Waals surface area contributed by atoms with Gasteiger partial charge in [0.15, 0.2) is 0 Å². The molecule has 2 aromatic rings. The van der Waals surface area contributed by atoms with Crippen LogP contribution in [-0.2, 0) is 11.2 Å². The average molecular weight is 308 g/mol. The minimum Gasteiger partial charge on any atom is -0.478 e. The standard InChI is InChI=1S/C15H11ClFNO3/c16-13-8-11(4-5-12(13)15(20)21)18-14(19)7-9-2-1-3-10(17)6-9/h1-6,8H,7H2,(H,18,19)(H,20,21). The van der Waals surface area contributed by atoms with Gasteiger partial charge in [-0.15, -0.1) is 0 Å². The quantitative estimate of drug-likeness (QED) is 0.910. The van der Waals surface area contributed by atoms with Gasteiger partial charge < -0.3 is 10.4 Å². The van der Waals surface area contributed by atoms with Crippen molar-refractivity contribution in [2.24, 2.45) is 0 Å². The normalized spacial score (nSPS) is 10.2. The van der Waals surface area contributed by atoms with Crippen molar-refractivity contribution in [3.05, 3.63) is 64.4 Å². The van der Waals surface area contributed by atoms with Crippen LogP contribution in [0, 0.1) is 5.82 Å². The fourth-order valence-corrected chi connectivity index (χ4v) is 2.07. The van der Waals surface area contributed by atoms with Crippen LogP contribution in [0.5, 0.6) is 0 Å². The number of amides is 1. The Morgan fingerprint density at radius 3 is 2.57 bits per heavy atom. The first kappa shape index (κ1) is 15.0. The van der Waals surface area contributed by atoms with E-state index in [0.717, 1.165) is 0 Å². The lowest BCUT2D eigenvalue weighted by Crippen LogP contribution is -2.14. The number of nitrogens with one attached hydrogen (secondary N) is 1. The van der Waals surface area contributed by atoms with E-state index in [9.17, 15) is 14.0 Å². The first-order valence-electron chi connectivity index (χ1n) is 6.03. The minimum atomic E-state index is -1.14. The van der Waals surface area contributed by atoms with Crippen molar-refractivity contribution in [1.29, 1.82) is 0 Å². The highest BCUT2D eigenvalue weighted by Gasteiger charge is 2.10. The fourth-order valence-electron chi connectivity index (χ4n) is 1.80. The van der Waals surface area contributed by atoms with E-state index < -0.39 is 11.8 Å². The molecule has 2 aromatic carbocycles. The van der Waals surface area contributed by atoms with E-state index in [0.29, 0.717) is 11.3 Å². The van der Waals surface area contributed by atoms with Gasteiger partial charge in [-0.1, -0.05) is 23.7 Å². The van der Waals surface area contributed by atoms with E-state index in [2.05, 4.69) is 5.32 Å². The second-order valence-electron chi connectivity index (χ2n) is 4.35. The van der Waals surface area contributed by atoms with Gasteiger partial charge in [0.05, 0.1) is 17.0 Å². The second-order valence-corrected chi connectivity index (χ2v) is 4.76. The van der Waals surface area contributed by atoms with E-state index >= 15 is 0 Å². The van der Waals surface area contributed by atoms with Gasteiger partial charge in [0.2, 0.25) is 5.91 Å². The summed E-state index contributed by atoms with van der Waals surface area (Å²) in [6.07, 6.45) is 0.00998. The van der Waals surface area contributed by atoms with Crippen molar-refractivity contribution in [2.45, 2.75) is 6.42 Å². The molecule has 0 bridgehead atoms. The molecule has 0 unspecified atom stereocenters. The Bertz CT molecular complexity index is 703. The van der Waals surface area contributed by atoms with Gasteiger partial charge in [0.25, 0.3) is 0 Å². The summed E-state index contributed by atoms with van der Waals surface area (Å²) in [5.74, 6) is -1.90. The number of carbonyl (C=O) groups excluding carboxylic acids is 1. The van der Waals surface area contributed by atoms with Crippen molar-refractivity contribution >= 4 is 29.2 Å². The maximum atomic E-state index is 13.0. The van der Waals surface area contributed by atoms with Gasteiger partial charge >= 0.3 is 5.97 Å². The molecule has 0 atom stereocenters. The minimum absolute atomic E-state index is 0.00998. The zero-order valence-electron chi connectivity index (χ0n) is 10.8. The summed E-state index contributed by atoms with van der Waals surface area (Å²) in [5.41, 5.74) is 0.881. The number of hydrogen-bond acceptors (Lipinski definition) is 2. The molecule has 108 valence electrons. The predicted molar refractivity (Wildman–Crippen MR) is 77.1 cm³/mol. The summed E-state index contributed by atoms with van der Waals surface area (Å²) in [5, 5.41) is 11.5. The molecule has 0 spiro atoms. The molecule has 6 heteroatoms. The number of carboxylic acid groups (broad SMARTS) is 1. The van der Waals surface area contributed by atoms with Crippen LogP contribution >= 0.6 is 11.6 Å².